The van der Waals surface area contributed by atoms with Gasteiger partial charge in [0, 0.05) is 25.6 Å². The molecule has 0 aromatic heterocycles. The highest BCUT2D eigenvalue weighted by Crippen LogP contribution is 2.30. The van der Waals surface area contributed by atoms with Gasteiger partial charge in [-0.05, 0) is 37.1 Å². The van der Waals surface area contributed by atoms with E-state index in [1.165, 1.54) is 6.07 Å². The fraction of sp³-hybridized carbons (Fsp3) is 0.471. The highest BCUT2D eigenvalue weighted by Gasteiger charge is 2.32. The van der Waals surface area contributed by atoms with Gasteiger partial charge in [-0.15, -0.1) is 6.58 Å². The first-order valence-corrected chi connectivity index (χ1v) is 7.69. The van der Waals surface area contributed by atoms with Gasteiger partial charge in [0.2, 0.25) is 5.91 Å². The molecule has 6 heteroatoms. The minimum atomic E-state index is -4.36. The van der Waals surface area contributed by atoms with Crippen molar-refractivity contribution >= 4 is 5.91 Å². The number of rotatable bonds is 7. The summed E-state index contributed by atoms with van der Waals surface area (Å²) in [6.07, 6.45) is -0.587. The molecule has 1 heterocycles. The number of hydrogen-bond donors (Lipinski definition) is 1. The van der Waals surface area contributed by atoms with Crippen LogP contribution in [-0.2, 0) is 17.5 Å². The van der Waals surface area contributed by atoms with Crippen LogP contribution in [-0.4, -0.2) is 29.9 Å². The maximum absolute atomic E-state index is 12.8. The van der Waals surface area contributed by atoms with Crippen molar-refractivity contribution in [2.24, 2.45) is 0 Å². The summed E-state index contributed by atoms with van der Waals surface area (Å²) in [5.41, 5.74) is -0.162. The second-order valence-electron chi connectivity index (χ2n) is 5.69. The summed E-state index contributed by atoms with van der Waals surface area (Å²) in [6.45, 7) is 5.31. The predicted octanol–water partition coefficient (Wildman–Crippen LogP) is 3.36. The molecule has 1 amide bonds. The maximum Gasteiger partial charge on any atom is 0.416 e. The molecule has 0 saturated carbocycles. The van der Waals surface area contributed by atoms with Gasteiger partial charge >= 0.3 is 6.18 Å². The highest BCUT2D eigenvalue weighted by atomic mass is 19.4. The van der Waals surface area contributed by atoms with Crippen molar-refractivity contribution in [2.75, 3.05) is 13.1 Å². The molecule has 1 saturated heterocycles. The Morgan fingerprint density at radius 1 is 1.39 bits per heavy atom. The first-order chi connectivity index (χ1) is 10.9. The third-order valence-electron chi connectivity index (χ3n) is 4.00. The number of amides is 1. The Labute approximate surface area is 134 Å². The van der Waals surface area contributed by atoms with Crippen LogP contribution in [0.25, 0.3) is 0 Å². The summed E-state index contributed by atoms with van der Waals surface area (Å²) < 4.78 is 38.3. The molecule has 1 fully saturated rings. The Hall–Kier alpha value is -1.82. The molecule has 126 valence electrons. The monoisotopic (exact) mass is 326 g/mol. The van der Waals surface area contributed by atoms with Crippen molar-refractivity contribution in [2.45, 2.75) is 38.0 Å². The normalized spacial score (nSPS) is 18.5. The smallest absolute Gasteiger partial charge is 0.335 e. The molecule has 2 rings (SSSR count). The second-order valence-corrected chi connectivity index (χ2v) is 5.69. The molecule has 1 aromatic carbocycles. The van der Waals surface area contributed by atoms with E-state index in [1.807, 2.05) is 0 Å². The lowest BCUT2D eigenvalue weighted by Gasteiger charge is -2.25. The summed E-state index contributed by atoms with van der Waals surface area (Å²) in [7, 11) is 0. The van der Waals surface area contributed by atoms with Crippen molar-refractivity contribution < 1.29 is 18.0 Å². The zero-order chi connectivity index (χ0) is 16.9. The van der Waals surface area contributed by atoms with E-state index in [1.54, 1.807) is 17.0 Å². The number of likely N-dealkylation sites (tertiary alicyclic amines) is 1. The second kappa shape index (κ2) is 7.64. The van der Waals surface area contributed by atoms with Crippen LogP contribution in [0.4, 0.5) is 13.2 Å². The third kappa shape index (κ3) is 4.82. The average molecular weight is 326 g/mol. The van der Waals surface area contributed by atoms with E-state index in [4.69, 9.17) is 0 Å². The molecule has 0 unspecified atom stereocenters. The van der Waals surface area contributed by atoms with Gasteiger partial charge in [-0.1, -0.05) is 18.2 Å². The van der Waals surface area contributed by atoms with Gasteiger partial charge < -0.3 is 10.2 Å². The Morgan fingerprint density at radius 2 is 2.17 bits per heavy atom. The summed E-state index contributed by atoms with van der Waals surface area (Å²) >= 11 is 0. The van der Waals surface area contributed by atoms with E-state index in [0.29, 0.717) is 18.5 Å². The average Bonchev–Trinajstić information content (AvgIpc) is 2.84. The van der Waals surface area contributed by atoms with Gasteiger partial charge in [0.15, 0.2) is 0 Å². The van der Waals surface area contributed by atoms with E-state index in [0.717, 1.165) is 31.5 Å². The number of carbonyl (C=O) groups excluding carboxylic acids is 1. The fourth-order valence-corrected chi connectivity index (χ4v) is 2.83. The highest BCUT2D eigenvalue weighted by molar-refractivity contribution is 5.78. The number of carbonyl (C=O) groups is 1. The van der Waals surface area contributed by atoms with Crippen LogP contribution >= 0.6 is 0 Å². The van der Waals surface area contributed by atoms with Crippen molar-refractivity contribution in [3.63, 3.8) is 0 Å². The molecule has 3 nitrogen and oxygen atoms in total. The summed E-state index contributed by atoms with van der Waals surface area (Å²) in [4.78, 5) is 13.7. The van der Waals surface area contributed by atoms with Crippen molar-refractivity contribution in [3.05, 3.63) is 48.0 Å². The Bertz CT molecular complexity index is 557. The van der Waals surface area contributed by atoms with Gasteiger partial charge in [0.1, 0.15) is 0 Å². The minimum absolute atomic E-state index is 0.0103. The number of benzene rings is 1. The SMILES string of the molecule is C=CCNCC[C@H]1CCC(=O)N1Cc1cccc(C(F)(F)F)c1. The summed E-state index contributed by atoms with van der Waals surface area (Å²) in [6, 6.07) is 5.27. The zero-order valence-electron chi connectivity index (χ0n) is 12.9. The molecule has 1 N–H and O–H groups in total. The van der Waals surface area contributed by atoms with E-state index >= 15 is 0 Å². The van der Waals surface area contributed by atoms with Gasteiger partial charge in [-0.25, -0.2) is 0 Å². The quantitative estimate of drug-likeness (QED) is 0.615. The lowest BCUT2D eigenvalue weighted by molar-refractivity contribution is -0.137. The molecule has 0 spiro atoms. The van der Waals surface area contributed by atoms with Crippen LogP contribution in [0.1, 0.15) is 30.4 Å². The topological polar surface area (TPSA) is 32.3 Å². The largest absolute Gasteiger partial charge is 0.416 e. The third-order valence-corrected chi connectivity index (χ3v) is 4.00. The molecule has 1 aliphatic heterocycles. The van der Waals surface area contributed by atoms with Crippen LogP contribution in [0.3, 0.4) is 0 Å². The number of nitrogens with zero attached hydrogens (tertiary/aromatic N) is 1. The lowest BCUT2D eigenvalue weighted by Crippen LogP contribution is -2.34. The van der Waals surface area contributed by atoms with Crippen LogP contribution in [0.15, 0.2) is 36.9 Å². The van der Waals surface area contributed by atoms with E-state index in [2.05, 4.69) is 11.9 Å². The van der Waals surface area contributed by atoms with Crippen LogP contribution in [0, 0.1) is 0 Å². The number of alkyl halides is 3. The Balaban J connectivity index is 2.01. The maximum atomic E-state index is 12.8. The van der Waals surface area contributed by atoms with Gasteiger partial charge in [0.05, 0.1) is 5.56 Å². The Kier molecular flexibility index (Phi) is 5.82. The van der Waals surface area contributed by atoms with Crippen LogP contribution in [0.5, 0.6) is 0 Å². The van der Waals surface area contributed by atoms with Crippen molar-refractivity contribution in [1.29, 1.82) is 0 Å². The van der Waals surface area contributed by atoms with Crippen LogP contribution in [0.2, 0.25) is 0 Å². The molecule has 1 aromatic rings. The summed E-state index contributed by atoms with van der Waals surface area (Å²) in [5, 5.41) is 3.19. The predicted molar refractivity (Wildman–Crippen MR) is 82.7 cm³/mol. The zero-order valence-corrected chi connectivity index (χ0v) is 12.9. The van der Waals surface area contributed by atoms with Crippen LogP contribution < -0.4 is 5.32 Å². The molecule has 1 atom stereocenters. The van der Waals surface area contributed by atoms with Gasteiger partial charge in [-0.2, -0.15) is 13.2 Å². The molecular formula is C17H21F3N2O. The first kappa shape index (κ1) is 17.5. The van der Waals surface area contributed by atoms with Crippen molar-refractivity contribution in [1.82, 2.24) is 10.2 Å². The molecule has 0 radical (unpaired) electrons. The molecule has 1 aliphatic rings. The summed E-state index contributed by atoms with van der Waals surface area (Å²) in [5.74, 6) is 0.0103. The molecule has 0 aliphatic carbocycles. The lowest BCUT2D eigenvalue weighted by atomic mass is 10.1. The molecule has 0 bridgehead atoms. The van der Waals surface area contributed by atoms with Gasteiger partial charge in [-0.3, -0.25) is 4.79 Å². The standard InChI is InChI=1S/C17H21F3N2O/c1-2-9-21-10-8-15-6-7-16(23)22(15)12-13-4-3-5-14(11-13)17(18,19)20/h2-5,11,15,21H,1,6-10,12H2/t15-/m1/s1. The van der Waals surface area contributed by atoms with E-state index in [-0.39, 0.29) is 18.5 Å². The molecule has 23 heavy (non-hydrogen) atoms. The van der Waals surface area contributed by atoms with E-state index in [9.17, 15) is 18.0 Å². The number of halogens is 3. The fourth-order valence-electron chi connectivity index (χ4n) is 2.83. The first-order valence-electron chi connectivity index (χ1n) is 7.69. The number of hydrogen-bond acceptors (Lipinski definition) is 2. The Morgan fingerprint density at radius 3 is 2.87 bits per heavy atom. The van der Waals surface area contributed by atoms with Crippen molar-refractivity contribution in [3.8, 4) is 0 Å². The number of nitrogens with one attached hydrogen (secondary N) is 1. The minimum Gasteiger partial charge on any atom is -0.335 e. The van der Waals surface area contributed by atoms with E-state index < -0.39 is 11.7 Å². The van der Waals surface area contributed by atoms with Gasteiger partial charge in [0.25, 0.3) is 0 Å². The molecular weight excluding hydrogens is 305 g/mol.